The summed E-state index contributed by atoms with van der Waals surface area (Å²) in [6.07, 6.45) is 5.65. The molecule has 1 rings (SSSR count). The van der Waals surface area contributed by atoms with Gasteiger partial charge in [-0.25, -0.2) is 0 Å². The van der Waals surface area contributed by atoms with Crippen molar-refractivity contribution < 1.29 is 14.4 Å². The molecular weight excluding hydrogens is 392 g/mol. The Morgan fingerprint density at radius 3 is 2.29 bits per heavy atom. The van der Waals surface area contributed by atoms with Crippen LogP contribution in [0.25, 0.3) is 0 Å². The van der Waals surface area contributed by atoms with Gasteiger partial charge in [-0.15, -0.1) is 0 Å². The van der Waals surface area contributed by atoms with Gasteiger partial charge in [0.1, 0.15) is 6.04 Å². The molecule has 0 aromatic carbocycles. The van der Waals surface area contributed by atoms with Crippen LogP contribution in [-0.2, 0) is 14.4 Å². The van der Waals surface area contributed by atoms with Crippen molar-refractivity contribution in [3.63, 3.8) is 0 Å². The zero-order valence-corrected chi connectivity index (χ0v) is 20.9. The van der Waals surface area contributed by atoms with E-state index in [4.69, 9.17) is 0 Å². The van der Waals surface area contributed by atoms with Crippen molar-refractivity contribution in [1.82, 2.24) is 20.0 Å². The van der Waals surface area contributed by atoms with E-state index < -0.39 is 6.04 Å². The second-order valence-corrected chi connectivity index (χ2v) is 9.41. The molecule has 1 saturated heterocycles. The number of hydrogen-bond acceptors (Lipinski definition) is 4. The summed E-state index contributed by atoms with van der Waals surface area (Å²) in [5, 5.41) is 3.03. The molecule has 1 fully saturated rings. The van der Waals surface area contributed by atoms with Gasteiger partial charge >= 0.3 is 0 Å². The monoisotopic (exact) mass is 436 g/mol. The Morgan fingerprint density at radius 2 is 1.74 bits per heavy atom. The van der Waals surface area contributed by atoms with Gasteiger partial charge in [0.15, 0.2) is 0 Å². The number of nitrogens with one attached hydrogen (secondary N) is 1. The first-order valence-electron chi connectivity index (χ1n) is 11.7. The SMILES string of the molecule is CCCN(C)C(=O)/C(C)=C/CN(C)C(=O)C(NC(=O)C1CCCCN1C(C)C)C(C)C. The molecule has 0 spiro atoms. The van der Waals surface area contributed by atoms with Crippen molar-refractivity contribution >= 4 is 17.7 Å². The summed E-state index contributed by atoms with van der Waals surface area (Å²) in [6.45, 7) is 13.9. The minimum Gasteiger partial charge on any atom is -0.343 e. The maximum atomic E-state index is 13.1. The molecule has 31 heavy (non-hydrogen) atoms. The van der Waals surface area contributed by atoms with E-state index in [0.29, 0.717) is 24.7 Å². The van der Waals surface area contributed by atoms with Gasteiger partial charge in [0.05, 0.1) is 6.04 Å². The molecule has 2 atom stereocenters. The van der Waals surface area contributed by atoms with Crippen LogP contribution in [0.5, 0.6) is 0 Å². The molecule has 0 radical (unpaired) electrons. The maximum Gasteiger partial charge on any atom is 0.248 e. The third kappa shape index (κ3) is 7.95. The number of likely N-dealkylation sites (N-methyl/N-ethyl adjacent to an activating group) is 2. The lowest BCUT2D eigenvalue weighted by atomic mass is 9.97. The zero-order chi connectivity index (χ0) is 23.7. The number of nitrogens with zero attached hydrogens (tertiary/aromatic N) is 3. The molecule has 1 aliphatic rings. The van der Waals surface area contributed by atoms with Crippen molar-refractivity contribution in [2.45, 2.75) is 85.4 Å². The van der Waals surface area contributed by atoms with Gasteiger partial charge in [-0.05, 0) is 52.5 Å². The predicted molar refractivity (Wildman–Crippen MR) is 126 cm³/mol. The van der Waals surface area contributed by atoms with Gasteiger partial charge in [0.2, 0.25) is 17.7 Å². The fourth-order valence-electron chi connectivity index (χ4n) is 4.04. The minimum atomic E-state index is -0.583. The molecular formula is C24H44N4O3. The Labute approximate surface area is 189 Å². The smallest absolute Gasteiger partial charge is 0.248 e. The van der Waals surface area contributed by atoms with Gasteiger partial charge in [-0.2, -0.15) is 0 Å². The summed E-state index contributed by atoms with van der Waals surface area (Å²) in [5.74, 6) is -0.245. The second kappa shape index (κ2) is 12.8. The average molecular weight is 437 g/mol. The normalized spacial score (nSPS) is 18.8. The van der Waals surface area contributed by atoms with E-state index in [2.05, 4.69) is 24.1 Å². The Kier molecular flexibility index (Phi) is 11.2. The van der Waals surface area contributed by atoms with E-state index in [0.717, 1.165) is 32.2 Å². The molecule has 1 heterocycles. The molecule has 178 valence electrons. The highest BCUT2D eigenvalue weighted by Crippen LogP contribution is 2.20. The van der Waals surface area contributed by atoms with Crippen LogP contribution in [0.3, 0.4) is 0 Å². The molecule has 1 N–H and O–H groups in total. The van der Waals surface area contributed by atoms with Gasteiger partial charge in [-0.3, -0.25) is 19.3 Å². The Bertz CT molecular complexity index is 645. The number of likely N-dealkylation sites (tertiary alicyclic amines) is 1. The molecule has 7 heteroatoms. The van der Waals surface area contributed by atoms with Crippen LogP contribution >= 0.6 is 0 Å². The Balaban J connectivity index is 2.81. The summed E-state index contributed by atoms with van der Waals surface area (Å²) in [7, 11) is 3.50. The molecule has 0 bridgehead atoms. The van der Waals surface area contributed by atoms with Crippen molar-refractivity contribution in [3.8, 4) is 0 Å². The fraction of sp³-hybridized carbons (Fsp3) is 0.792. The van der Waals surface area contributed by atoms with Crippen LogP contribution < -0.4 is 5.32 Å². The number of hydrogen-bond donors (Lipinski definition) is 1. The number of rotatable bonds is 10. The standard InChI is InChI=1S/C24H44N4O3/c1-9-14-26(7)23(30)19(6)13-16-27(8)24(31)21(17(2)3)25-22(29)20-12-10-11-15-28(20)18(4)5/h13,17-18,20-21H,9-12,14-16H2,1-8H3,(H,25,29)/b19-13+. The third-order valence-corrected chi connectivity index (χ3v) is 6.03. The van der Waals surface area contributed by atoms with Gasteiger partial charge < -0.3 is 15.1 Å². The van der Waals surface area contributed by atoms with Crippen LogP contribution in [0.1, 0.15) is 67.2 Å². The lowest BCUT2D eigenvalue weighted by Crippen LogP contribution is -2.57. The summed E-state index contributed by atoms with van der Waals surface area (Å²) < 4.78 is 0. The van der Waals surface area contributed by atoms with Gasteiger partial charge in [0.25, 0.3) is 0 Å². The van der Waals surface area contributed by atoms with Crippen LogP contribution in [0.15, 0.2) is 11.6 Å². The summed E-state index contributed by atoms with van der Waals surface area (Å²) >= 11 is 0. The average Bonchev–Trinajstić information content (AvgIpc) is 2.74. The van der Waals surface area contributed by atoms with Crippen molar-refractivity contribution in [1.29, 1.82) is 0 Å². The van der Waals surface area contributed by atoms with E-state index in [-0.39, 0.29) is 29.7 Å². The lowest BCUT2D eigenvalue weighted by molar-refractivity contribution is -0.138. The van der Waals surface area contributed by atoms with Crippen LogP contribution in [0.4, 0.5) is 0 Å². The highest BCUT2D eigenvalue weighted by molar-refractivity contribution is 5.93. The van der Waals surface area contributed by atoms with E-state index in [9.17, 15) is 14.4 Å². The molecule has 1 aliphatic heterocycles. The van der Waals surface area contributed by atoms with Crippen LogP contribution in [0.2, 0.25) is 0 Å². The quantitative estimate of drug-likeness (QED) is 0.535. The van der Waals surface area contributed by atoms with E-state index >= 15 is 0 Å². The first kappa shape index (κ1) is 27.1. The summed E-state index contributed by atoms with van der Waals surface area (Å²) in [5.41, 5.74) is 0.621. The molecule has 0 aliphatic carbocycles. The third-order valence-electron chi connectivity index (χ3n) is 6.03. The zero-order valence-electron chi connectivity index (χ0n) is 20.9. The van der Waals surface area contributed by atoms with E-state index in [1.165, 1.54) is 0 Å². The second-order valence-electron chi connectivity index (χ2n) is 9.41. The molecule has 2 unspecified atom stereocenters. The largest absolute Gasteiger partial charge is 0.343 e. The summed E-state index contributed by atoms with van der Waals surface area (Å²) in [4.78, 5) is 44.0. The lowest BCUT2D eigenvalue weighted by Gasteiger charge is -2.38. The highest BCUT2D eigenvalue weighted by atomic mass is 16.2. The molecule has 3 amide bonds. The topological polar surface area (TPSA) is 73.0 Å². The van der Waals surface area contributed by atoms with Crippen molar-refractivity contribution in [3.05, 3.63) is 11.6 Å². The van der Waals surface area contributed by atoms with Gasteiger partial charge in [0, 0.05) is 38.8 Å². The number of amides is 3. The van der Waals surface area contributed by atoms with Crippen molar-refractivity contribution in [2.24, 2.45) is 5.92 Å². The molecule has 0 saturated carbocycles. The Morgan fingerprint density at radius 1 is 1.10 bits per heavy atom. The first-order valence-corrected chi connectivity index (χ1v) is 11.7. The Hall–Kier alpha value is -1.89. The molecule has 7 nitrogen and oxygen atoms in total. The maximum absolute atomic E-state index is 13.1. The van der Waals surface area contributed by atoms with E-state index in [1.807, 2.05) is 20.8 Å². The van der Waals surface area contributed by atoms with Crippen molar-refractivity contribution in [2.75, 3.05) is 33.7 Å². The minimum absolute atomic E-state index is 0.0255. The molecule has 0 aromatic heterocycles. The summed E-state index contributed by atoms with van der Waals surface area (Å²) in [6, 6.07) is -0.467. The molecule has 0 aromatic rings. The van der Waals surface area contributed by atoms with E-state index in [1.54, 1.807) is 36.9 Å². The van der Waals surface area contributed by atoms with Crippen LogP contribution in [0, 0.1) is 5.92 Å². The van der Waals surface area contributed by atoms with Crippen LogP contribution in [-0.4, -0.2) is 84.3 Å². The highest BCUT2D eigenvalue weighted by Gasteiger charge is 2.34. The fourth-order valence-corrected chi connectivity index (χ4v) is 4.04. The predicted octanol–water partition coefficient (Wildman–Crippen LogP) is 2.66. The number of carbonyl (C=O) groups excluding carboxylic acids is 3. The number of carbonyl (C=O) groups is 3. The number of piperidine rings is 1. The first-order chi connectivity index (χ1) is 14.5. The van der Waals surface area contributed by atoms with Gasteiger partial charge in [-0.1, -0.05) is 33.3 Å².